The number of aldehydes is 1. The van der Waals surface area contributed by atoms with Crippen molar-refractivity contribution in [1.82, 2.24) is 0 Å². The second-order valence-electron chi connectivity index (χ2n) is 4.10. The van der Waals surface area contributed by atoms with Gasteiger partial charge in [-0.3, -0.25) is 4.79 Å². The first-order valence-electron chi connectivity index (χ1n) is 5.95. The molecule has 0 fully saturated rings. The summed E-state index contributed by atoms with van der Waals surface area (Å²) < 4.78 is 10.4. The fraction of sp³-hybridized carbons (Fsp3) is 0.125. The van der Waals surface area contributed by atoms with Crippen LogP contribution in [0.4, 0.5) is 0 Å². The Morgan fingerprint density at radius 2 is 1.80 bits per heavy atom. The van der Waals surface area contributed by atoms with Gasteiger partial charge in [-0.25, -0.2) is 0 Å². The summed E-state index contributed by atoms with van der Waals surface area (Å²) in [5.74, 6) is 1.03. The molecule has 4 heteroatoms. The van der Waals surface area contributed by atoms with Gasteiger partial charge in [0.25, 0.3) is 0 Å². The van der Waals surface area contributed by atoms with E-state index in [0.29, 0.717) is 28.2 Å². The Hall–Kier alpha value is -2.80. The zero-order valence-corrected chi connectivity index (χ0v) is 11.2. The highest BCUT2D eigenvalue weighted by Gasteiger charge is 2.12. The van der Waals surface area contributed by atoms with Crippen LogP contribution in [0.15, 0.2) is 36.4 Å². The molecule has 4 nitrogen and oxygen atoms in total. The lowest BCUT2D eigenvalue weighted by Gasteiger charge is -2.12. The summed E-state index contributed by atoms with van der Waals surface area (Å²) in [5.41, 5.74) is 2.51. The lowest BCUT2D eigenvalue weighted by Crippen LogP contribution is -1.95. The average molecular weight is 267 g/mol. The number of ether oxygens (including phenoxy) is 2. The highest BCUT2D eigenvalue weighted by atomic mass is 16.5. The Balaban J connectivity index is 2.66. The van der Waals surface area contributed by atoms with E-state index in [4.69, 9.17) is 14.7 Å². The van der Waals surface area contributed by atoms with Gasteiger partial charge in [-0.1, -0.05) is 12.1 Å². The Bertz CT molecular complexity index is 687. The smallest absolute Gasteiger partial charge is 0.161 e. The maximum atomic E-state index is 11.3. The molecule has 0 aliphatic carbocycles. The van der Waals surface area contributed by atoms with Crippen molar-refractivity contribution in [3.63, 3.8) is 0 Å². The van der Waals surface area contributed by atoms with Crippen LogP contribution >= 0.6 is 0 Å². The first kappa shape index (κ1) is 13.6. The lowest BCUT2D eigenvalue weighted by atomic mass is 9.98. The second-order valence-corrected chi connectivity index (χ2v) is 4.10. The minimum Gasteiger partial charge on any atom is -0.493 e. The molecule has 20 heavy (non-hydrogen) atoms. The molecule has 0 aliphatic heterocycles. The van der Waals surface area contributed by atoms with Crippen LogP contribution < -0.4 is 9.47 Å². The molecule has 0 atom stereocenters. The van der Waals surface area contributed by atoms with Crippen LogP contribution in [0.1, 0.15) is 15.9 Å². The maximum Gasteiger partial charge on any atom is 0.161 e. The molecule has 0 saturated heterocycles. The van der Waals surface area contributed by atoms with Crippen molar-refractivity contribution in [3.05, 3.63) is 47.5 Å². The molecule has 2 rings (SSSR count). The topological polar surface area (TPSA) is 59.3 Å². The Kier molecular flexibility index (Phi) is 4.02. The summed E-state index contributed by atoms with van der Waals surface area (Å²) in [4.78, 5) is 11.3. The van der Waals surface area contributed by atoms with E-state index in [2.05, 4.69) is 6.07 Å². The average Bonchev–Trinajstić information content (AvgIpc) is 2.53. The molecule has 0 heterocycles. The van der Waals surface area contributed by atoms with Gasteiger partial charge in [-0.2, -0.15) is 5.26 Å². The van der Waals surface area contributed by atoms with Crippen molar-refractivity contribution in [2.75, 3.05) is 14.2 Å². The number of nitriles is 1. The van der Waals surface area contributed by atoms with Crippen molar-refractivity contribution >= 4 is 6.29 Å². The summed E-state index contributed by atoms with van der Waals surface area (Å²) in [6, 6.07) is 12.5. The fourth-order valence-electron chi connectivity index (χ4n) is 2.00. The third-order valence-electron chi connectivity index (χ3n) is 2.99. The standard InChI is InChI=1S/C16H13NO3/c1-19-15-7-13(10-18)14(8-16(15)20-2)12-5-3-4-11(6-12)9-17/h3-8,10H,1-2H3. The summed E-state index contributed by atoms with van der Waals surface area (Å²) >= 11 is 0. The van der Waals surface area contributed by atoms with Crippen LogP contribution in [-0.4, -0.2) is 20.5 Å². The van der Waals surface area contributed by atoms with Gasteiger partial charge in [-0.05, 0) is 35.4 Å². The molecule has 2 aromatic carbocycles. The predicted molar refractivity (Wildman–Crippen MR) is 75.1 cm³/mol. The van der Waals surface area contributed by atoms with E-state index in [1.54, 1.807) is 30.3 Å². The van der Waals surface area contributed by atoms with Gasteiger partial charge in [0.15, 0.2) is 17.8 Å². The van der Waals surface area contributed by atoms with E-state index in [-0.39, 0.29) is 0 Å². The Morgan fingerprint density at radius 1 is 1.10 bits per heavy atom. The van der Waals surface area contributed by atoms with Gasteiger partial charge < -0.3 is 9.47 Å². The molecular formula is C16H13NO3. The van der Waals surface area contributed by atoms with E-state index in [0.717, 1.165) is 11.8 Å². The Morgan fingerprint density at radius 3 is 2.40 bits per heavy atom. The van der Waals surface area contributed by atoms with Crippen LogP contribution in [0.3, 0.4) is 0 Å². The van der Waals surface area contributed by atoms with Crippen molar-refractivity contribution < 1.29 is 14.3 Å². The summed E-state index contributed by atoms with van der Waals surface area (Å²) in [7, 11) is 3.05. The van der Waals surface area contributed by atoms with Crippen LogP contribution in [0, 0.1) is 11.3 Å². The molecule has 0 saturated carbocycles. The molecular weight excluding hydrogens is 254 g/mol. The molecule has 0 spiro atoms. The molecule has 100 valence electrons. The van der Waals surface area contributed by atoms with Crippen molar-refractivity contribution in [3.8, 4) is 28.7 Å². The zero-order chi connectivity index (χ0) is 14.5. The fourth-order valence-corrected chi connectivity index (χ4v) is 2.00. The summed E-state index contributed by atoms with van der Waals surface area (Å²) in [6.45, 7) is 0. The molecule has 0 aromatic heterocycles. The van der Waals surface area contributed by atoms with Crippen molar-refractivity contribution in [1.29, 1.82) is 5.26 Å². The van der Waals surface area contributed by atoms with Gasteiger partial charge in [0.05, 0.1) is 25.9 Å². The first-order valence-corrected chi connectivity index (χ1v) is 5.95. The molecule has 0 N–H and O–H groups in total. The van der Waals surface area contributed by atoms with Crippen LogP contribution in [0.2, 0.25) is 0 Å². The number of methoxy groups -OCH3 is 2. The number of rotatable bonds is 4. The van der Waals surface area contributed by atoms with Gasteiger partial charge in [0.2, 0.25) is 0 Å². The summed E-state index contributed by atoms with van der Waals surface area (Å²) in [5, 5.41) is 8.95. The number of benzene rings is 2. The Labute approximate surface area is 117 Å². The highest BCUT2D eigenvalue weighted by molar-refractivity contribution is 5.89. The van der Waals surface area contributed by atoms with E-state index >= 15 is 0 Å². The number of carbonyl (C=O) groups excluding carboxylic acids is 1. The van der Waals surface area contributed by atoms with E-state index in [1.165, 1.54) is 14.2 Å². The largest absolute Gasteiger partial charge is 0.493 e. The molecule has 0 radical (unpaired) electrons. The maximum absolute atomic E-state index is 11.3. The zero-order valence-electron chi connectivity index (χ0n) is 11.2. The van der Waals surface area contributed by atoms with Gasteiger partial charge in [-0.15, -0.1) is 0 Å². The monoisotopic (exact) mass is 267 g/mol. The normalized spacial score (nSPS) is 9.65. The number of carbonyl (C=O) groups is 1. The minimum atomic E-state index is 0.484. The predicted octanol–water partition coefficient (Wildman–Crippen LogP) is 3.05. The SMILES string of the molecule is COc1cc(C=O)c(-c2cccc(C#N)c2)cc1OC. The summed E-state index contributed by atoms with van der Waals surface area (Å²) in [6.07, 6.45) is 0.760. The number of hydrogen-bond acceptors (Lipinski definition) is 4. The molecule has 0 amide bonds. The third-order valence-corrected chi connectivity index (χ3v) is 2.99. The second kappa shape index (κ2) is 5.89. The molecule has 2 aromatic rings. The van der Waals surface area contributed by atoms with Gasteiger partial charge in [0.1, 0.15) is 0 Å². The lowest BCUT2D eigenvalue weighted by molar-refractivity contribution is 0.112. The molecule has 0 aliphatic rings. The van der Waals surface area contributed by atoms with Crippen LogP contribution in [0.5, 0.6) is 11.5 Å². The highest BCUT2D eigenvalue weighted by Crippen LogP contribution is 2.35. The van der Waals surface area contributed by atoms with Crippen LogP contribution in [0.25, 0.3) is 11.1 Å². The molecule has 0 bridgehead atoms. The van der Waals surface area contributed by atoms with Crippen molar-refractivity contribution in [2.45, 2.75) is 0 Å². The van der Waals surface area contributed by atoms with E-state index in [9.17, 15) is 4.79 Å². The van der Waals surface area contributed by atoms with E-state index in [1.807, 2.05) is 6.07 Å². The van der Waals surface area contributed by atoms with Gasteiger partial charge >= 0.3 is 0 Å². The number of hydrogen-bond donors (Lipinski definition) is 0. The van der Waals surface area contributed by atoms with Crippen LogP contribution in [-0.2, 0) is 0 Å². The minimum absolute atomic E-state index is 0.484. The van der Waals surface area contributed by atoms with Crippen molar-refractivity contribution in [2.24, 2.45) is 0 Å². The number of nitrogens with zero attached hydrogens (tertiary/aromatic N) is 1. The first-order chi connectivity index (χ1) is 9.73. The van der Waals surface area contributed by atoms with E-state index < -0.39 is 0 Å². The third kappa shape index (κ3) is 2.47. The quantitative estimate of drug-likeness (QED) is 0.799. The molecule has 0 unspecified atom stereocenters. The van der Waals surface area contributed by atoms with Gasteiger partial charge in [0, 0.05) is 5.56 Å².